The minimum absolute atomic E-state index is 0.00694. The van der Waals surface area contributed by atoms with E-state index in [1.54, 1.807) is 21.9 Å². The smallest absolute Gasteiger partial charge is 0.242 e. The van der Waals surface area contributed by atoms with Gasteiger partial charge in [0.2, 0.25) is 17.7 Å². The zero-order valence-electron chi connectivity index (χ0n) is 16.1. The van der Waals surface area contributed by atoms with Crippen molar-refractivity contribution in [2.24, 2.45) is 0 Å². The molecule has 2 saturated heterocycles. The molecule has 3 heterocycles. The van der Waals surface area contributed by atoms with Crippen LogP contribution in [0.3, 0.4) is 0 Å². The van der Waals surface area contributed by atoms with Crippen LogP contribution in [0.5, 0.6) is 5.75 Å². The van der Waals surface area contributed by atoms with Crippen LogP contribution in [0.15, 0.2) is 28.8 Å². The molecule has 2 amide bonds. The predicted octanol–water partition coefficient (Wildman–Crippen LogP) is 1.77. The Bertz CT molecular complexity index is 870. The number of amides is 2. The molecular formula is C20H23FN4O4. The van der Waals surface area contributed by atoms with Crippen molar-refractivity contribution in [1.29, 1.82) is 0 Å². The van der Waals surface area contributed by atoms with Crippen molar-refractivity contribution in [3.8, 4) is 5.75 Å². The van der Waals surface area contributed by atoms with E-state index in [1.165, 1.54) is 12.1 Å². The highest BCUT2D eigenvalue weighted by Gasteiger charge is 2.33. The van der Waals surface area contributed by atoms with Crippen LogP contribution in [0.1, 0.15) is 36.9 Å². The van der Waals surface area contributed by atoms with Gasteiger partial charge < -0.3 is 19.1 Å². The van der Waals surface area contributed by atoms with E-state index in [2.05, 4.69) is 10.1 Å². The highest BCUT2D eigenvalue weighted by atomic mass is 19.1. The van der Waals surface area contributed by atoms with Crippen LogP contribution in [0, 0.1) is 5.82 Å². The molecule has 2 fully saturated rings. The molecule has 1 aromatic carbocycles. The summed E-state index contributed by atoms with van der Waals surface area (Å²) in [6.45, 7) is 2.31. The fourth-order valence-corrected chi connectivity index (χ4v) is 3.65. The molecule has 4 rings (SSSR count). The number of aromatic nitrogens is 2. The SMILES string of the molecule is O=C1CCCN1CC(=O)N1CCC(c2nc(CCOc3ccc(F)cc3)no2)C1. The fraction of sp³-hybridized carbons (Fsp3) is 0.500. The Morgan fingerprint density at radius 2 is 2.10 bits per heavy atom. The first-order valence-electron chi connectivity index (χ1n) is 9.85. The van der Waals surface area contributed by atoms with Gasteiger partial charge in [0.05, 0.1) is 19.1 Å². The summed E-state index contributed by atoms with van der Waals surface area (Å²) in [7, 11) is 0. The highest BCUT2D eigenvalue weighted by Crippen LogP contribution is 2.26. The van der Waals surface area contributed by atoms with Crippen molar-refractivity contribution in [2.45, 2.75) is 31.6 Å². The average molecular weight is 402 g/mol. The molecule has 0 spiro atoms. The van der Waals surface area contributed by atoms with Gasteiger partial charge in [-0.2, -0.15) is 4.98 Å². The van der Waals surface area contributed by atoms with Gasteiger partial charge in [-0.05, 0) is 37.1 Å². The van der Waals surface area contributed by atoms with Crippen LogP contribution in [0.2, 0.25) is 0 Å². The molecule has 9 heteroatoms. The summed E-state index contributed by atoms with van der Waals surface area (Å²) >= 11 is 0. The van der Waals surface area contributed by atoms with Crippen LogP contribution in [-0.4, -0.2) is 64.5 Å². The van der Waals surface area contributed by atoms with E-state index >= 15 is 0 Å². The quantitative estimate of drug-likeness (QED) is 0.701. The Kier molecular flexibility index (Phi) is 5.73. The van der Waals surface area contributed by atoms with Gasteiger partial charge in [0.1, 0.15) is 11.6 Å². The number of carbonyl (C=O) groups excluding carboxylic acids is 2. The van der Waals surface area contributed by atoms with Crippen molar-refractivity contribution in [3.63, 3.8) is 0 Å². The molecule has 29 heavy (non-hydrogen) atoms. The van der Waals surface area contributed by atoms with E-state index in [9.17, 15) is 14.0 Å². The summed E-state index contributed by atoms with van der Waals surface area (Å²) in [6, 6.07) is 5.82. The van der Waals surface area contributed by atoms with Crippen molar-refractivity contribution in [1.82, 2.24) is 19.9 Å². The molecule has 2 aromatic rings. The predicted molar refractivity (Wildman–Crippen MR) is 99.6 cm³/mol. The number of nitrogens with zero attached hydrogens (tertiary/aromatic N) is 4. The molecule has 0 N–H and O–H groups in total. The van der Waals surface area contributed by atoms with Crippen molar-refractivity contribution in [2.75, 3.05) is 32.8 Å². The standard InChI is InChI=1S/C20H23FN4O4/c21-15-3-5-16(6-4-15)28-11-8-17-22-20(29-23-17)14-7-10-25(12-14)19(27)13-24-9-1-2-18(24)26/h3-6,14H,1-2,7-13H2. The summed E-state index contributed by atoms with van der Waals surface area (Å²) in [6.07, 6.45) is 2.58. The third-order valence-electron chi connectivity index (χ3n) is 5.28. The lowest BCUT2D eigenvalue weighted by Crippen LogP contribution is -2.39. The summed E-state index contributed by atoms with van der Waals surface area (Å²) in [5, 5.41) is 3.99. The van der Waals surface area contributed by atoms with Gasteiger partial charge >= 0.3 is 0 Å². The number of hydrogen-bond acceptors (Lipinski definition) is 6. The molecule has 0 bridgehead atoms. The minimum atomic E-state index is -0.309. The van der Waals surface area contributed by atoms with Gasteiger partial charge in [-0.1, -0.05) is 5.16 Å². The Hall–Kier alpha value is -2.97. The zero-order chi connectivity index (χ0) is 20.2. The summed E-state index contributed by atoms with van der Waals surface area (Å²) in [5.74, 6) is 1.36. The largest absolute Gasteiger partial charge is 0.493 e. The van der Waals surface area contributed by atoms with Gasteiger partial charge in [0.15, 0.2) is 5.82 Å². The maximum atomic E-state index is 12.9. The first-order chi connectivity index (χ1) is 14.1. The van der Waals surface area contributed by atoms with E-state index in [0.29, 0.717) is 56.5 Å². The summed E-state index contributed by atoms with van der Waals surface area (Å²) in [5.41, 5.74) is 0. The number of rotatable bonds is 7. The topological polar surface area (TPSA) is 88.8 Å². The molecule has 8 nitrogen and oxygen atoms in total. The lowest BCUT2D eigenvalue weighted by Gasteiger charge is -2.20. The van der Waals surface area contributed by atoms with Crippen molar-refractivity contribution >= 4 is 11.8 Å². The number of ether oxygens (including phenoxy) is 1. The van der Waals surface area contributed by atoms with Crippen LogP contribution < -0.4 is 4.74 Å². The van der Waals surface area contributed by atoms with Crippen LogP contribution in [0.4, 0.5) is 4.39 Å². The number of carbonyl (C=O) groups is 2. The molecule has 1 unspecified atom stereocenters. The Balaban J connectivity index is 1.24. The fourth-order valence-electron chi connectivity index (χ4n) is 3.65. The van der Waals surface area contributed by atoms with Crippen molar-refractivity contribution in [3.05, 3.63) is 41.8 Å². The normalized spacial score (nSPS) is 19.2. The molecule has 1 aromatic heterocycles. The maximum absolute atomic E-state index is 12.9. The van der Waals surface area contributed by atoms with Gasteiger partial charge in [0.25, 0.3) is 0 Å². The van der Waals surface area contributed by atoms with E-state index in [4.69, 9.17) is 9.26 Å². The number of benzene rings is 1. The first-order valence-corrected chi connectivity index (χ1v) is 9.85. The van der Waals surface area contributed by atoms with Crippen LogP contribution >= 0.6 is 0 Å². The third-order valence-corrected chi connectivity index (χ3v) is 5.28. The van der Waals surface area contributed by atoms with Crippen LogP contribution in [0.25, 0.3) is 0 Å². The summed E-state index contributed by atoms with van der Waals surface area (Å²) in [4.78, 5) is 32.0. The molecule has 0 aliphatic carbocycles. The molecule has 0 radical (unpaired) electrons. The van der Waals surface area contributed by atoms with E-state index in [-0.39, 0.29) is 30.1 Å². The van der Waals surface area contributed by atoms with Gasteiger partial charge in [-0.3, -0.25) is 9.59 Å². The van der Waals surface area contributed by atoms with E-state index in [0.717, 1.165) is 12.8 Å². The lowest BCUT2D eigenvalue weighted by atomic mass is 10.1. The Labute approximate surface area is 167 Å². The maximum Gasteiger partial charge on any atom is 0.242 e. The van der Waals surface area contributed by atoms with E-state index < -0.39 is 0 Å². The average Bonchev–Trinajstić information content (AvgIpc) is 3.45. The van der Waals surface area contributed by atoms with E-state index in [1.807, 2.05) is 0 Å². The second-order valence-corrected chi connectivity index (χ2v) is 7.35. The number of likely N-dealkylation sites (tertiary alicyclic amines) is 2. The minimum Gasteiger partial charge on any atom is -0.493 e. The number of halogens is 1. The number of hydrogen-bond donors (Lipinski definition) is 0. The second kappa shape index (κ2) is 8.59. The van der Waals surface area contributed by atoms with Gasteiger partial charge in [-0.25, -0.2) is 4.39 Å². The van der Waals surface area contributed by atoms with Crippen LogP contribution in [-0.2, 0) is 16.0 Å². The molecule has 2 aliphatic rings. The van der Waals surface area contributed by atoms with Gasteiger partial charge in [-0.15, -0.1) is 0 Å². The molecule has 2 aliphatic heterocycles. The molecular weight excluding hydrogens is 379 g/mol. The molecule has 1 atom stereocenters. The zero-order valence-corrected chi connectivity index (χ0v) is 16.1. The Morgan fingerprint density at radius 3 is 2.86 bits per heavy atom. The van der Waals surface area contributed by atoms with Gasteiger partial charge in [0, 0.05) is 32.5 Å². The van der Waals surface area contributed by atoms with Crippen molar-refractivity contribution < 1.29 is 23.2 Å². The third kappa shape index (κ3) is 4.72. The first kappa shape index (κ1) is 19.4. The molecule has 154 valence electrons. The monoisotopic (exact) mass is 402 g/mol. The summed E-state index contributed by atoms with van der Waals surface area (Å²) < 4.78 is 23.8. The highest BCUT2D eigenvalue weighted by molar-refractivity contribution is 5.86. The lowest BCUT2D eigenvalue weighted by molar-refractivity contribution is -0.137. The molecule has 0 saturated carbocycles. The second-order valence-electron chi connectivity index (χ2n) is 7.35. The Morgan fingerprint density at radius 1 is 1.28 bits per heavy atom.